The van der Waals surface area contributed by atoms with Gasteiger partial charge in [0.05, 0.1) is 5.69 Å². The molecule has 106 valence electrons. The number of aryl methyl sites for hydroxylation is 1. The lowest BCUT2D eigenvalue weighted by Crippen LogP contribution is -2.13. The lowest BCUT2D eigenvalue weighted by molar-refractivity contribution is -0.121. The van der Waals surface area contributed by atoms with Crippen molar-refractivity contribution in [2.24, 2.45) is 5.92 Å². The summed E-state index contributed by atoms with van der Waals surface area (Å²) in [5.41, 5.74) is 7.91. The average molecular weight is 263 g/mol. The van der Waals surface area contributed by atoms with Gasteiger partial charge >= 0.3 is 0 Å². The molecule has 0 radical (unpaired) electrons. The minimum atomic E-state index is -0.170. The highest BCUT2D eigenvalue weighted by molar-refractivity contribution is 5.80. The van der Waals surface area contributed by atoms with Gasteiger partial charge < -0.3 is 10.8 Å². The highest BCUT2D eigenvalue weighted by Crippen LogP contribution is 2.36. The third-order valence-corrected chi connectivity index (χ3v) is 3.31. The monoisotopic (exact) mass is 263 g/mol. The number of nitrogen functional groups attached to an aromatic ring is 1. The number of carbonyl (C=O) groups excluding carboxylic acids is 1. The van der Waals surface area contributed by atoms with Crippen molar-refractivity contribution in [3.8, 4) is 5.75 Å². The SMILES string of the molecule is CC(C)C(=O)CCc1cc(N)c(O)c(C(C)(C)C)c1. The number of Topliss-reactive ketones (excluding diaryl/α,β-unsaturated/α-hetero) is 1. The molecule has 0 aliphatic rings. The van der Waals surface area contributed by atoms with Gasteiger partial charge in [0.15, 0.2) is 0 Å². The summed E-state index contributed by atoms with van der Waals surface area (Å²) in [6.45, 7) is 9.92. The number of anilines is 1. The molecule has 0 unspecified atom stereocenters. The van der Waals surface area contributed by atoms with Crippen molar-refractivity contribution in [1.29, 1.82) is 0 Å². The van der Waals surface area contributed by atoms with E-state index in [0.717, 1.165) is 11.1 Å². The van der Waals surface area contributed by atoms with Crippen LogP contribution in [0, 0.1) is 5.92 Å². The maximum absolute atomic E-state index is 11.7. The molecule has 0 fully saturated rings. The standard InChI is InChI=1S/C16H25NO2/c1-10(2)14(18)7-6-11-8-12(16(3,4)5)15(19)13(17)9-11/h8-10,19H,6-7,17H2,1-5H3. The Hall–Kier alpha value is -1.51. The molecule has 0 aromatic heterocycles. The van der Waals surface area contributed by atoms with Gasteiger partial charge in [0.1, 0.15) is 11.5 Å². The van der Waals surface area contributed by atoms with E-state index in [9.17, 15) is 9.90 Å². The van der Waals surface area contributed by atoms with Crippen LogP contribution in [0.5, 0.6) is 5.75 Å². The highest BCUT2D eigenvalue weighted by atomic mass is 16.3. The fourth-order valence-corrected chi connectivity index (χ4v) is 1.99. The van der Waals surface area contributed by atoms with E-state index in [1.165, 1.54) is 0 Å². The van der Waals surface area contributed by atoms with Gasteiger partial charge in [-0.25, -0.2) is 0 Å². The van der Waals surface area contributed by atoms with E-state index < -0.39 is 0 Å². The number of benzene rings is 1. The number of hydrogen-bond acceptors (Lipinski definition) is 3. The summed E-state index contributed by atoms with van der Waals surface area (Å²) in [6, 6.07) is 3.72. The van der Waals surface area contributed by atoms with E-state index >= 15 is 0 Å². The largest absolute Gasteiger partial charge is 0.505 e. The number of carbonyl (C=O) groups is 1. The van der Waals surface area contributed by atoms with Crippen molar-refractivity contribution in [3.05, 3.63) is 23.3 Å². The fraction of sp³-hybridized carbons (Fsp3) is 0.562. The van der Waals surface area contributed by atoms with E-state index in [2.05, 4.69) is 0 Å². The van der Waals surface area contributed by atoms with Gasteiger partial charge in [-0.3, -0.25) is 4.79 Å². The van der Waals surface area contributed by atoms with Crippen LogP contribution in [0.15, 0.2) is 12.1 Å². The molecule has 3 heteroatoms. The van der Waals surface area contributed by atoms with Gasteiger partial charge in [-0.2, -0.15) is 0 Å². The van der Waals surface area contributed by atoms with Crippen molar-refractivity contribution in [1.82, 2.24) is 0 Å². The molecular weight excluding hydrogens is 238 g/mol. The van der Waals surface area contributed by atoms with Gasteiger partial charge in [-0.15, -0.1) is 0 Å². The molecule has 0 aliphatic heterocycles. The van der Waals surface area contributed by atoms with E-state index in [4.69, 9.17) is 5.73 Å². The van der Waals surface area contributed by atoms with Crippen molar-refractivity contribution >= 4 is 11.5 Å². The van der Waals surface area contributed by atoms with Crippen LogP contribution in [-0.2, 0) is 16.6 Å². The molecule has 19 heavy (non-hydrogen) atoms. The fourth-order valence-electron chi connectivity index (χ4n) is 1.99. The summed E-state index contributed by atoms with van der Waals surface area (Å²) in [5, 5.41) is 10.0. The second-order valence-corrected chi connectivity index (χ2v) is 6.45. The Balaban J connectivity index is 2.98. The van der Waals surface area contributed by atoms with Crippen molar-refractivity contribution in [3.63, 3.8) is 0 Å². The van der Waals surface area contributed by atoms with Crippen LogP contribution in [0.1, 0.15) is 52.2 Å². The quantitative estimate of drug-likeness (QED) is 0.646. The van der Waals surface area contributed by atoms with E-state index in [1.54, 1.807) is 6.07 Å². The van der Waals surface area contributed by atoms with Crippen LogP contribution in [0.3, 0.4) is 0 Å². The Labute approximate surface area is 115 Å². The second-order valence-electron chi connectivity index (χ2n) is 6.45. The molecule has 0 bridgehead atoms. The summed E-state index contributed by atoms with van der Waals surface area (Å²) in [5.74, 6) is 0.479. The van der Waals surface area contributed by atoms with Gasteiger partial charge in [0, 0.05) is 17.9 Å². The Morgan fingerprint density at radius 2 is 1.89 bits per heavy atom. The second kappa shape index (κ2) is 5.64. The predicted octanol–water partition coefficient (Wildman–Crippen LogP) is 3.43. The topological polar surface area (TPSA) is 63.3 Å². The van der Waals surface area contributed by atoms with Crippen molar-refractivity contribution in [2.75, 3.05) is 5.73 Å². The molecule has 3 nitrogen and oxygen atoms in total. The van der Waals surface area contributed by atoms with Crippen LogP contribution < -0.4 is 5.73 Å². The number of hydrogen-bond donors (Lipinski definition) is 2. The van der Waals surface area contributed by atoms with Gasteiger partial charge in [-0.1, -0.05) is 40.7 Å². The summed E-state index contributed by atoms with van der Waals surface area (Å²) < 4.78 is 0. The first-order chi connectivity index (χ1) is 8.62. The van der Waals surface area contributed by atoms with Crippen LogP contribution in [0.25, 0.3) is 0 Å². The van der Waals surface area contributed by atoms with Gasteiger partial charge in [0.25, 0.3) is 0 Å². The summed E-state index contributed by atoms with van der Waals surface area (Å²) in [6.07, 6.45) is 1.19. The zero-order chi connectivity index (χ0) is 14.8. The van der Waals surface area contributed by atoms with Gasteiger partial charge in [-0.05, 0) is 23.5 Å². The number of phenolic OH excluding ortho intramolecular Hbond substituents is 1. The Morgan fingerprint density at radius 3 is 2.37 bits per heavy atom. The third kappa shape index (κ3) is 3.98. The Bertz CT molecular complexity index is 470. The first-order valence-electron chi connectivity index (χ1n) is 6.77. The first kappa shape index (κ1) is 15.5. The molecule has 0 aliphatic carbocycles. The summed E-state index contributed by atoms with van der Waals surface area (Å²) >= 11 is 0. The zero-order valence-electron chi connectivity index (χ0n) is 12.6. The smallest absolute Gasteiger partial charge is 0.142 e. The predicted molar refractivity (Wildman–Crippen MR) is 79.4 cm³/mol. The number of rotatable bonds is 4. The molecular formula is C16H25NO2. The molecule has 1 rings (SSSR count). The van der Waals surface area contributed by atoms with Crippen molar-refractivity contribution in [2.45, 2.75) is 52.9 Å². The molecule has 1 aromatic carbocycles. The molecule has 0 atom stereocenters. The molecule has 3 N–H and O–H groups in total. The normalized spacial score (nSPS) is 11.9. The molecule has 0 saturated heterocycles. The molecule has 1 aromatic rings. The maximum Gasteiger partial charge on any atom is 0.142 e. The van der Waals surface area contributed by atoms with E-state index in [1.807, 2.05) is 40.7 Å². The molecule has 0 saturated carbocycles. The van der Waals surface area contributed by atoms with Crippen LogP contribution in [0.4, 0.5) is 5.69 Å². The van der Waals surface area contributed by atoms with Crippen LogP contribution in [0.2, 0.25) is 0 Å². The minimum Gasteiger partial charge on any atom is -0.505 e. The first-order valence-corrected chi connectivity index (χ1v) is 6.77. The number of nitrogens with two attached hydrogens (primary N) is 1. The van der Waals surface area contributed by atoms with Gasteiger partial charge in [0.2, 0.25) is 0 Å². The van der Waals surface area contributed by atoms with E-state index in [0.29, 0.717) is 18.5 Å². The Morgan fingerprint density at radius 1 is 1.32 bits per heavy atom. The maximum atomic E-state index is 11.7. The van der Waals surface area contributed by atoms with Crippen molar-refractivity contribution < 1.29 is 9.90 Å². The number of ketones is 1. The minimum absolute atomic E-state index is 0.0662. The lowest BCUT2D eigenvalue weighted by Gasteiger charge is -2.22. The number of aromatic hydroxyl groups is 1. The zero-order valence-corrected chi connectivity index (χ0v) is 12.6. The summed E-state index contributed by atoms with van der Waals surface area (Å²) in [7, 11) is 0. The number of phenols is 1. The van der Waals surface area contributed by atoms with Crippen LogP contribution in [-0.4, -0.2) is 10.9 Å². The molecule has 0 spiro atoms. The Kier molecular flexibility index (Phi) is 4.61. The average Bonchev–Trinajstić information content (AvgIpc) is 2.28. The summed E-state index contributed by atoms with van der Waals surface area (Å²) in [4.78, 5) is 11.7. The molecule has 0 amide bonds. The lowest BCUT2D eigenvalue weighted by atomic mass is 9.84. The highest BCUT2D eigenvalue weighted by Gasteiger charge is 2.20. The van der Waals surface area contributed by atoms with E-state index in [-0.39, 0.29) is 22.9 Å². The molecule has 0 heterocycles. The van der Waals surface area contributed by atoms with Crippen LogP contribution >= 0.6 is 0 Å². The third-order valence-electron chi connectivity index (χ3n) is 3.31.